The molecule has 0 aliphatic heterocycles. The second-order valence-corrected chi connectivity index (χ2v) is 6.75. The summed E-state index contributed by atoms with van der Waals surface area (Å²) in [6, 6.07) is 19.9. The van der Waals surface area contributed by atoms with Crippen molar-refractivity contribution in [2.75, 3.05) is 24.9 Å². The number of nitrogens with one attached hydrogen (secondary N) is 3. The number of carbonyl (C=O) groups is 2. The van der Waals surface area contributed by atoms with Crippen molar-refractivity contribution in [3.63, 3.8) is 0 Å². The van der Waals surface area contributed by atoms with Crippen molar-refractivity contribution in [1.82, 2.24) is 5.43 Å². The van der Waals surface area contributed by atoms with E-state index in [0.717, 1.165) is 11.3 Å². The first-order valence-electron chi connectivity index (χ1n) is 9.80. The van der Waals surface area contributed by atoms with Gasteiger partial charge in [-0.25, -0.2) is 5.43 Å². The van der Waals surface area contributed by atoms with Gasteiger partial charge in [-0.1, -0.05) is 30.3 Å². The lowest BCUT2D eigenvalue weighted by Gasteiger charge is -2.15. The molecule has 8 nitrogen and oxygen atoms in total. The van der Waals surface area contributed by atoms with Crippen molar-refractivity contribution in [3.05, 3.63) is 77.9 Å². The largest absolute Gasteiger partial charge is 0.497 e. The number of aryl methyl sites for hydroxylation is 1. The highest BCUT2D eigenvalue weighted by atomic mass is 16.5. The number of ether oxygens (including phenoxy) is 2. The Bertz CT molecular complexity index is 1130. The van der Waals surface area contributed by atoms with Crippen LogP contribution in [-0.4, -0.2) is 32.2 Å². The number of nitrogens with zero attached hydrogens (tertiary/aromatic N) is 1. The second-order valence-electron chi connectivity index (χ2n) is 6.75. The number of hydrazone groups is 1. The van der Waals surface area contributed by atoms with Gasteiger partial charge in [0.05, 0.1) is 26.1 Å². The van der Waals surface area contributed by atoms with Gasteiger partial charge in [0.25, 0.3) is 0 Å². The van der Waals surface area contributed by atoms with Gasteiger partial charge in [0.2, 0.25) is 0 Å². The topological polar surface area (TPSA) is 101 Å². The molecule has 0 radical (unpaired) electrons. The van der Waals surface area contributed by atoms with Gasteiger partial charge in [0.15, 0.2) is 0 Å². The summed E-state index contributed by atoms with van der Waals surface area (Å²) in [6.07, 6.45) is 1.45. The van der Waals surface area contributed by atoms with Crippen molar-refractivity contribution < 1.29 is 19.1 Å². The van der Waals surface area contributed by atoms with Crippen molar-refractivity contribution in [2.24, 2.45) is 5.10 Å². The van der Waals surface area contributed by atoms with Crippen molar-refractivity contribution in [3.8, 4) is 11.5 Å². The molecule has 164 valence electrons. The number of hydrogen-bond donors (Lipinski definition) is 3. The molecule has 0 fully saturated rings. The molecule has 3 rings (SSSR count). The molecule has 0 spiro atoms. The molecule has 0 unspecified atom stereocenters. The van der Waals surface area contributed by atoms with E-state index in [-0.39, 0.29) is 0 Å². The van der Waals surface area contributed by atoms with Crippen LogP contribution in [0.5, 0.6) is 11.5 Å². The third-order valence-corrected chi connectivity index (χ3v) is 4.61. The maximum absolute atomic E-state index is 12.1. The molecule has 0 bridgehead atoms. The van der Waals surface area contributed by atoms with Crippen LogP contribution in [0.15, 0.2) is 71.8 Å². The van der Waals surface area contributed by atoms with E-state index >= 15 is 0 Å². The number of hydrogen-bond acceptors (Lipinski definition) is 6. The van der Waals surface area contributed by atoms with Gasteiger partial charge in [-0.05, 0) is 48.9 Å². The zero-order chi connectivity index (χ0) is 22.9. The fourth-order valence-corrected chi connectivity index (χ4v) is 2.88. The maximum Gasteiger partial charge on any atom is 0.329 e. The minimum Gasteiger partial charge on any atom is -0.497 e. The lowest BCUT2D eigenvalue weighted by molar-refractivity contribution is -0.136. The maximum atomic E-state index is 12.1. The fraction of sp³-hybridized carbons (Fsp3) is 0.125. The summed E-state index contributed by atoms with van der Waals surface area (Å²) in [4.78, 5) is 24.2. The van der Waals surface area contributed by atoms with E-state index in [9.17, 15) is 9.59 Å². The molecule has 32 heavy (non-hydrogen) atoms. The molecule has 3 aromatic carbocycles. The molecule has 0 saturated heterocycles. The number of carbonyl (C=O) groups excluding carboxylic acids is 2. The molecule has 0 saturated carbocycles. The summed E-state index contributed by atoms with van der Waals surface area (Å²) in [7, 11) is 3.12. The highest BCUT2D eigenvalue weighted by Gasteiger charge is 2.13. The molecule has 2 amide bonds. The molecule has 8 heteroatoms. The molecular formula is C24H24N4O4. The first kappa shape index (κ1) is 22.4. The standard InChI is InChI=1S/C24H24N4O4/c1-16-7-4-5-9-20(16)27-22-17(8-6-10-21(22)32-3)15-25-28-24(30)23(29)26-18-11-13-19(31-2)14-12-18/h4-15,27H,1-3H3,(H,26,29)(H,28,30)/b25-15-. The Morgan fingerprint density at radius 3 is 2.31 bits per heavy atom. The SMILES string of the molecule is COc1ccc(NC(=O)C(=O)N/N=C\c2cccc(OC)c2Nc2ccccc2C)cc1. The first-order valence-corrected chi connectivity index (χ1v) is 9.80. The summed E-state index contributed by atoms with van der Waals surface area (Å²) < 4.78 is 10.5. The smallest absolute Gasteiger partial charge is 0.329 e. The van der Waals surface area contributed by atoms with Crippen LogP contribution in [0.2, 0.25) is 0 Å². The normalized spacial score (nSPS) is 10.5. The monoisotopic (exact) mass is 432 g/mol. The first-order chi connectivity index (χ1) is 15.5. The van der Waals surface area contributed by atoms with E-state index in [4.69, 9.17) is 9.47 Å². The second kappa shape index (κ2) is 10.6. The van der Waals surface area contributed by atoms with E-state index in [2.05, 4.69) is 21.2 Å². The number of anilines is 3. The Morgan fingerprint density at radius 2 is 1.62 bits per heavy atom. The molecule has 3 aromatic rings. The Kier molecular flexibility index (Phi) is 7.42. The third kappa shape index (κ3) is 5.63. The minimum absolute atomic E-state index is 0.465. The van der Waals surface area contributed by atoms with Crippen LogP contribution in [0.25, 0.3) is 0 Å². The van der Waals surface area contributed by atoms with Crippen LogP contribution < -0.4 is 25.5 Å². The highest BCUT2D eigenvalue weighted by molar-refractivity contribution is 6.39. The van der Waals surface area contributed by atoms with Crippen LogP contribution >= 0.6 is 0 Å². The Labute approximate surface area is 186 Å². The molecular weight excluding hydrogens is 408 g/mol. The molecule has 0 atom stereocenters. The van der Waals surface area contributed by atoms with Crippen LogP contribution in [0, 0.1) is 6.92 Å². The van der Waals surface area contributed by atoms with Crippen LogP contribution in [0.4, 0.5) is 17.1 Å². The van der Waals surface area contributed by atoms with Gasteiger partial charge in [-0.3, -0.25) is 9.59 Å². The van der Waals surface area contributed by atoms with Crippen LogP contribution in [0.1, 0.15) is 11.1 Å². The summed E-state index contributed by atoms with van der Waals surface area (Å²) in [5, 5.41) is 9.77. The van der Waals surface area contributed by atoms with E-state index in [1.807, 2.05) is 43.3 Å². The van der Waals surface area contributed by atoms with Crippen molar-refractivity contribution >= 4 is 35.1 Å². The van der Waals surface area contributed by atoms with Crippen molar-refractivity contribution in [2.45, 2.75) is 6.92 Å². The molecule has 0 aliphatic rings. The number of rotatable bonds is 7. The predicted molar refractivity (Wildman–Crippen MR) is 125 cm³/mol. The summed E-state index contributed by atoms with van der Waals surface area (Å²) in [5.74, 6) is -0.476. The Hall–Kier alpha value is -4.33. The average molecular weight is 432 g/mol. The third-order valence-electron chi connectivity index (χ3n) is 4.61. The summed E-state index contributed by atoms with van der Waals surface area (Å²) >= 11 is 0. The number of amides is 2. The number of benzene rings is 3. The van der Waals surface area contributed by atoms with Crippen molar-refractivity contribution in [1.29, 1.82) is 0 Å². The van der Waals surface area contributed by atoms with Crippen LogP contribution in [-0.2, 0) is 9.59 Å². The molecule has 3 N–H and O–H groups in total. The fourth-order valence-electron chi connectivity index (χ4n) is 2.88. The molecule has 0 aromatic heterocycles. The van der Waals surface area contributed by atoms with Gasteiger partial charge in [0, 0.05) is 16.9 Å². The van der Waals surface area contributed by atoms with Gasteiger partial charge in [-0.2, -0.15) is 5.10 Å². The predicted octanol–water partition coefficient (Wildman–Crippen LogP) is 3.84. The molecule has 0 aliphatic carbocycles. The summed E-state index contributed by atoms with van der Waals surface area (Å²) in [6.45, 7) is 1.99. The Morgan fingerprint density at radius 1 is 0.875 bits per heavy atom. The lowest BCUT2D eigenvalue weighted by Crippen LogP contribution is -2.32. The zero-order valence-electron chi connectivity index (χ0n) is 18.0. The van der Waals surface area contributed by atoms with Gasteiger partial charge in [-0.15, -0.1) is 0 Å². The summed E-state index contributed by atoms with van der Waals surface area (Å²) in [5.41, 5.74) is 6.03. The van der Waals surface area contributed by atoms with Gasteiger partial charge >= 0.3 is 11.8 Å². The highest BCUT2D eigenvalue weighted by Crippen LogP contribution is 2.31. The van der Waals surface area contributed by atoms with E-state index < -0.39 is 11.8 Å². The van der Waals surface area contributed by atoms with E-state index in [1.54, 1.807) is 44.6 Å². The Balaban J connectivity index is 1.69. The average Bonchev–Trinajstić information content (AvgIpc) is 2.81. The number of methoxy groups -OCH3 is 2. The zero-order valence-corrected chi connectivity index (χ0v) is 18.0. The van der Waals surface area contributed by atoms with Gasteiger partial charge in [0.1, 0.15) is 11.5 Å². The quantitative estimate of drug-likeness (QED) is 0.299. The molecule has 0 heterocycles. The lowest BCUT2D eigenvalue weighted by atomic mass is 10.1. The van der Waals surface area contributed by atoms with E-state index in [0.29, 0.717) is 28.4 Å². The van der Waals surface area contributed by atoms with Crippen LogP contribution in [0.3, 0.4) is 0 Å². The minimum atomic E-state index is -0.895. The van der Waals surface area contributed by atoms with Gasteiger partial charge < -0.3 is 20.1 Å². The number of para-hydroxylation sites is 2. The van der Waals surface area contributed by atoms with E-state index in [1.165, 1.54) is 6.21 Å².